The van der Waals surface area contributed by atoms with E-state index >= 15 is 0 Å². The molecule has 32 heavy (non-hydrogen) atoms. The van der Waals surface area contributed by atoms with Gasteiger partial charge in [-0.3, -0.25) is 14.5 Å². The van der Waals surface area contributed by atoms with Crippen molar-refractivity contribution in [2.75, 3.05) is 26.0 Å². The monoisotopic (exact) mass is 426 g/mol. The number of anilines is 1. The third-order valence-corrected chi connectivity index (χ3v) is 6.27. The molecule has 5 rings (SSSR count). The molecule has 2 aliphatic rings. The molecule has 2 aromatic carbocycles. The summed E-state index contributed by atoms with van der Waals surface area (Å²) in [6.07, 6.45) is 7.25. The first kappa shape index (κ1) is 20.4. The van der Waals surface area contributed by atoms with Gasteiger partial charge in [0.05, 0.1) is 6.54 Å². The van der Waals surface area contributed by atoms with Gasteiger partial charge in [-0.05, 0) is 65.1 Å². The molecule has 162 valence electrons. The number of nitrogens with one attached hydrogen (secondary N) is 1. The Kier molecular flexibility index (Phi) is 5.23. The van der Waals surface area contributed by atoms with Crippen molar-refractivity contribution < 1.29 is 9.59 Å². The van der Waals surface area contributed by atoms with E-state index in [1.54, 1.807) is 23.2 Å². The van der Waals surface area contributed by atoms with Gasteiger partial charge in [0.25, 0.3) is 0 Å². The number of likely N-dealkylation sites (N-methyl/N-ethyl adjacent to an activating group) is 2. The van der Waals surface area contributed by atoms with Crippen molar-refractivity contribution in [3.05, 3.63) is 76.5 Å². The molecule has 0 saturated carbocycles. The van der Waals surface area contributed by atoms with Crippen LogP contribution in [0.25, 0.3) is 16.8 Å². The number of carbonyl (C=O) groups is 2. The molecule has 2 amide bonds. The highest BCUT2D eigenvalue weighted by atomic mass is 16.2. The maximum Gasteiger partial charge on any atom is 0.246 e. The van der Waals surface area contributed by atoms with E-state index in [-0.39, 0.29) is 11.8 Å². The number of carbonyl (C=O) groups excluding carboxylic acids is 2. The SMILES string of the molecule is CN1CC(=O)Nc2ncc(/C=C\C(=O)N(C)Cc3ccc4c5c(cccc35)CC4)cc2C1. The van der Waals surface area contributed by atoms with Crippen LogP contribution >= 0.6 is 0 Å². The summed E-state index contributed by atoms with van der Waals surface area (Å²) in [5.41, 5.74) is 5.76. The predicted octanol–water partition coefficient (Wildman–Crippen LogP) is 3.39. The standard InChI is InChI=1S/C26H26N4O2/c1-29-14-21-12-17(13-27-26(21)28-23(31)16-29)6-11-24(32)30(2)15-20-10-9-19-8-7-18-4-3-5-22(20)25(18)19/h3-6,9-13H,7-8,14-16H2,1-2H3,(H,27,28,31)/b11-6-. The number of aromatic nitrogens is 1. The van der Waals surface area contributed by atoms with Crippen LogP contribution < -0.4 is 5.32 Å². The molecule has 6 nitrogen and oxygen atoms in total. The van der Waals surface area contributed by atoms with Crippen LogP contribution in [-0.2, 0) is 35.5 Å². The smallest absolute Gasteiger partial charge is 0.246 e. The van der Waals surface area contributed by atoms with Gasteiger partial charge in [-0.25, -0.2) is 4.98 Å². The van der Waals surface area contributed by atoms with E-state index in [0.29, 0.717) is 25.5 Å². The lowest BCUT2D eigenvalue weighted by atomic mass is 9.99. The fraction of sp³-hybridized carbons (Fsp3) is 0.269. The van der Waals surface area contributed by atoms with Crippen LogP contribution in [0.3, 0.4) is 0 Å². The van der Waals surface area contributed by atoms with Crippen LogP contribution in [-0.4, -0.2) is 47.2 Å². The molecule has 6 heteroatoms. The van der Waals surface area contributed by atoms with Gasteiger partial charge in [0.1, 0.15) is 5.82 Å². The van der Waals surface area contributed by atoms with E-state index in [1.165, 1.54) is 27.5 Å². The highest BCUT2D eigenvalue weighted by Gasteiger charge is 2.18. The molecule has 1 N–H and O–H groups in total. The van der Waals surface area contributed by atoms with Crippen molar-refractivity contribution >= 4 is 34.5 Å². The molecule has 0 atom stereocenters. The molecule has 0 spiro atoms. The number of amides is 2. The van der Waals surface area contributed by atoms with E-state index in [9.17, 15) is 9.59 Å². The van der Waals surface area contributed by atoms with E-state index in [1.807, 2.05) is 25.1 Å². The summed E-state index contributed by atoms with van der Waals surface area (Å²) < 4.78 is 0. The third-order valence-electron chi connectivity index (χ3n) is 6.27. The lowest BCUT2D eigenvalue weighted by molar-refractivity contribution is -0.125. The van der Waals surface area contributed by atoms with Gasteiger partial charge in [-0.15, -0.1) is 0 Å². The molecule has 1 aliphatic heterocycles. The number of nitrogens with zero attached hydrogens (tertiary/aromatic N) is 3. The van der Waals surface area contributed by atoms with Gasteiger partial charge < -0.3 is 10.2 Å². The van der Waals surface area contributed by atoms with E-state index < -0.39 is 0 Å². The Hall–Kier alpha value is -3.51. The van der Waals surface area contributed by atoms with Gasteiger partial charge >= 0.3 is 0 Å². The second-order valence-electron chi connectivity index (χ2n) is 8.75. The normalized spacial score (nSPS) is 15.6. The Morgan fingerprint density at radius 2 is 1.97 bits per heavy atom. The maximum atomic E-state index is 12.8. The first-order chi connectivity index (χ1) is 15.5. The van der Waals surface area contributed by atoms with Crippen LogP contribution in [0.5, 0.6) is 0 Å². The lowest BCUT2D eigenvalue weighted by Gasteiger charge is -2.17. The second-order valence-corrected chi connectivity index (χ2v) is 8.75. The van der Waals surface area contributed by atoms with Crippen LogP contribution in [0.1, 0.15) is 27.8 Å². The quantitative estimate of drug-likeness (QED) is 0.650. The molecule has 1 aromatic heterocycles. The molecule has 0 unspecified atom stereocenters. The van der Waals surface area contributed by atoms with E-state index in [2.05, 4.69) is 40.6 Å². The zero-order valence-corrected chi connectivity index (χ0v) is 18.4. The maximum absolute atomic E-state index is 12.8. The van der Waals surface area contributed by atoms with Gasteiger partial charge in [-0.2, -0.15) is 0 Å². The van der Waals surface area contributed by atoms with Crippen molar-refractivity contribution in [2.24, 2.45) is 0 Å². The Balaban J connectivity index is 1.32. The molecule has 1 aliphatic carbocycles. The highest BCUT2D eigenvalue weighted by molar-refractivity contribution is 5.95. The minimum absolute atomic E-state index is 0.0615. The number of aryl methyl sites for hydroxylation is 2. The highest BCUT2D eigenvalue weighted by Crippen LogP contribution is 2.33. The summed E-state index contributed by atoms with van der Waals surface area (Å²) in [7, 11) is 3.73. The number of hydrogen-bond acceptors (Lipinski definition) is 4. The number of hydrogen-bond donors (Lipinski definition) is 1. The van der Waals surface area contributed by atoms with Crippen LogP contribution in [0.15, 0.2) is 48.7 Å². The Bertz CT molecular complexity index is 1250. The van der Waals surface area contributed by atoms with Crippen LogP contribution in [0.2, 0.25) is 0 Å². The van der Waals surface area contributed by atoms with Gasteiger partial charge in [0, 0.05) is 38.0 Å². The molecule has 0 radical (unpaired) electrons. The Labute approximate surface area is 187 Å². The van der Waals surface area contributed by atoms with Crippen molar-refractivity contribution in [3.8, 4) is 0 Å². The first-order valence-electron chi connectivity index (χ1n) is 10.9. The van der Waals surface area contributed by atoms with Crippen LogP contribution in [0, 0.1) is 0 Å². The summed E-state index contributed by atoms with van der Waals surface area (Å²) >= 11 is 0. The molecule has 0 bridgehead atoms. The molecule has 0 fully saturated rings. The predicted molar refractivity (Wildman–Crippen MR) is 126 cm³/mol. The second kappa shape index (κ2) is 8.20. The fourth-order valence-electron chi connectivity index (χ4n) is 4.69. The molecular weight excluding hydrogens is 400 g/mol. The number of benzene rings is 2. The molecule has 3 aromatic rings. The molecule has 0 saturated heterocycles. The van der Waals surface area contributed by atoms with Crippen molar-refractivity contribution in [2.45, 2.75) is 25.9 Å². The molecule has 2 heterocycles. The first-order valence-corrected chi connectivity index (χ1v) is 10.9. The van der Waals surface area contributed by atoms with Gasteiger partial charge in [0.2, 0.25) is 11.8 Å². The van der Waals surface area contributed by atoms with Gasteiger partial charge in [-0.1, -0.05) is 30.3 Å². The van der Waals surface area contributed by atoms with Crippen molar-refractivity contribution in [3.63, 3.8) is 0 Å². The number of fused-ring (bicyclic) bond motifs is 1. The summed E-state index contributed by atoms with van der Waals surface area (Å²) in [5.74, 6) is 0.461. The Morgan fingerprint density at radius 1 is 1.16 bits per heavy atom. The number of rotatable bonds is 4. The van der Waals surface area contributed by atoms with E-state index in [0.717, 1.165) is 24.0 Å². The third kappa shape index (κ3) is 3.89. The van der Waals surface area contributed by atoms with Crippen molar-refractivity contribution in [1.29, 1.82) is 0 Å². The summed E-state index contributed by atoms with van der Waals surface area (Å²) in [6.45, 7) is 1.52. The zero-order valence-electron chi connectivity index (χ0n) is 18.4. The van der Waals surface area contributed by atoms with Crippen molar-refractivity contribution in [1.82, 2.24) is 14.8 Å². The minimum Gasteiger partial charge on any atom is -0.338 e. The minimum atomic E-state index is -0.0677. The fourth-order valence-corrected chi connectivity index (χ4v) is 4.69. The van der Waals surface area contributed by atoms with E-state index in [4.69, 9.17) is 0 Å². The Morgan fingerprint density at radius 3 is 2.81 bits per heavy atom. The summed E-state index contributed by atoms with van der Waals surface area (Å²) in [6, 6.07) is 12.8. The number of pyridine rings is 1. The average Bonchev–Trinajstić information content (AvgIpc) is 3.13. The summed E-state index contributed by atoms with van der Waals surface area (Å²) in [5, 5.41) is 5.45. The zero-order chi connectivity index (χ0) is 22.2. The summed E-state index contributed by atoms with van der Waals surface area (Å²) in [4.78, 5) is 32.7. The average molecular weight is 427 g/mol. The molecular formula is C26H26N4O2. The largest absolute Gasteiger partial charge is 0.338 e. The van der Waals surface area contributed by atoms with Gasteiger partial charge in [0.15, 0.2) is 0 Å². The topological polar surface area (TPSA) is 65.5 Å². The lowest BCUT2D eigenvalue weighted by Crippen LogP contribution is -2.26. The van der Waals surface area contributed by atoms with Crippen LogP contribution in [0.4, 0.5) is 5.82 Å².